The van der Waals surface area contributed by atoms with E-state index in [1.54, 1.807) is 30.3 Å². The molecule has 0 aliphatic heterocycles. The lowest BCUT2D eigenvalue weighted by molar-refractivity contribution is -0.118. The number of ether oxygens (including phenoxy) is 2. The molecule has 0 spiro atoms. The van der Waals surface area contributed by atoms with Crippen LogP contribution in [0.3, 0.4) is 0 Å². The maximum absolute atomic E-state index is 13.7. The number of halogens is 1. The molecule has 0 bridgehead atoms. The Kier molecular flexibility index (Phi) is 7.80. The highest BCUT2D eigenvalue weighted by Gasteiger charge is 2.14. The molecule has 0 aliphatic rings. The van der Waals surface area contributed by atoms with Gasteiger partial charge >= 0.3 is 0 Å². The van der Waals surface area contributed by atoms with Gasteiger partial charge in [0.1, 0.15) is 23.9 Å². The Morgan fingerprint density at radius 1 is 0.906 bits per heavy atom. The average molecular weight is 436 g/mol. The number of amides is 2. The van der Waals surface area contributed by atoms with Gasteiger partial charge in [-0.2, -0.15) is 0 Å². The highest BCUT2D eigenvalue weighted by molar-refractivity contribution is 5.97. The van der Waals surface area contributed by atoms with Gasteiger partial charge in [-0.3, -0.25) is 9.59 Å². The van der Waals surface area contributed by atoms with Gasteiger partial charge < -0.3 is 20.1 Å². The van der Waals surface area contributed by atoms with Crippen molar-refractivity contribution in [3.8, 4) is 11.5 Å². The first-order chi connectivity index (χ1) is 15.4. The molecule has 3 rings (SSSR count). The molecule has 3 aromatic rings. The number of carbonyl (C=O) groups excluding carboxylic acids is 2. The second-order valence-corrected chi connectivity index (χ2v) is 7.24. The van der Waals surface area contributed by atoms with E-state index in [2.05, 4.69) is 16.7 Å². The molecule has 0 heterocycles. The number of aryl methyl sites for hydroxylation is 2. The highest BCUT2D eigenvalue weighted by atomic mass is 19.1. The first kappa shape index (κ1) is 22.8. The highest BCUT2D eigenvalue weighted by Crippen LogP contribution is 2.19. The van der Waals surface area contributed by atoms with Crippen LogP contribution in [0.25, 0.3) is 0 Å². The van der Waals surface area contributed by atoms with Crippen molar-refractivity contribution in [1.82, 2.24) is 5.32 Å². The summed E-state index contributed by atoms with van der Waals surface area (Å²) in [5.41, 5.74) is 2.57. The van der Waals surface area contributed by atoms with Crippen molar-refractivity contribution in [3.63, 3.8) is 0 Å². The number of nitrogens with one attached hydrogen (secondary N) is 2. The number of carbonyl (C=O) groups is 2. The predicted octanol–water partition coefficient (Wildman–Crippen LogP) is 4.27. The quantitative estimate of drug-likeness (QED) is 0.491. The van der Waals surface area contributed by atoms with Crippen molar-refractivity contribution >= 4 is 17.5 Å². The maximum atomic E-state index is 13.7. The molecule has 0 aliphatic carbocycles. The van der Waals surface area contributed by atoms with Crippen molar-refractivity contribution in [2.45, 2.75) is 13.8 Å². The zero-order chi connectivity index (χ0) is 22.9. The summed E-state index contributed by atoms with van der Waals surface area (Å²) in [5.74, 6) is -0.416. The van der Waals surface area contributed by atoms with E-state index in [0.717, 1.165) is 16.9 Å². The molecule has 166 valence electrons. The molecular weight excluding hydrogens is 411 g/mol. The third-order valence-electron chi connectivity index (χ3n) is 4.49. The fourth-order valence-corrected chi connectivity index (χ4v) is 3.12. The summed E-state index contributed by atoms with van der Waals surface area (Å²) >= 11 is 0. The second-order valence-electron chi connectivity index (χ2n) is 7.24. The number of anilines is 1. The second kappa shape index (κ2) is 10.9. The topological polar surface area (TPSA) is 76.7 Å². The van der Waals surface area contributed by atoms with E-state index in [4.69, 9.17) is 9.47 Å². The molecule has 6 nitrogen and oxygen atoms in total. The number of hydrogen-bond donors (Lipinski definition) is 2. The van der Waals surface area contributed by atoms with E-state index in [1.165, 1.54) is 18.2 Å². The first-order valence-electron chi connectivity index (χ1n) is 10.2. The van der Waals surface area contributed by atoms with Crippen LogP contribution in [0, 0.1) is 19.7 Å². The number of benzene rings is 3. The van der Waals surface area contributed by atoms with Crippen molar-refractivity contribution in [2.75, 3.05) is 25.1 Å². The monoisotopic (exact) mass is 436 g/mol. The third kappa shape index (κ3) is 6.57. The van der Waals surface area contributed by atoms with Crippen molar-refractivity contribution in [3.05, 3.63) is 89.2 Å². The Hall–Kier alpha value is -3.87. The third-order valence-corrected chi connectivity index (χ3v) is 4.49. The Balaban J connectivity index is 1.50. The van der Waals surface area contributed by atoms with Gasteiger partial charge in [-0.05, 0) is 61.4 Å². The fourth-order valence-electron chi connectivity index (χ4n) is 3.12. The van der Waals surface area contributed by atoms with Crippen LogP contribution in [-0.4, -0.2) is 31.6 Å². The van der Waals surface area contributed by atoms with Crippen LogP contribution in [0.5, 0.6) is 11.5 Å². The van der Waals surface area contributed by atoms with Crippen LogP contribution in [0.15, 0.2) is 66.7 Å². The molecule has 0 atom stereocenters. The number of para-hydroxylation sites is 2. The van der Waals surface area contributed by atoms with Gasteiger partial charge in [-0.15, -0.1) is 0 Å². The van der Waals surface area contributed by atoms with Crippen LogP contribution < -0.4 is 20.1 Å². The summed E-state index contributed by atoms with van der Waals surface area (Å²) in [4.78, 5) is 24.7. The molecule has 2 N–H and O–H groups in total. The minimum absolute atomic E-state index is 0.0657. The number of hydrogen-bond acceptors (Lipinski definition) is 4. The van der Waals surface area contributed by atoms with Crippen LogP contribution in [0.2, 0.25) is 0 Å². The molecule has 7 heteroatoms. The Bertz CT molecular complexity index is 1080. The van der Waals surface area contributed by atoms with Gasteiger partial charge in [0.25, 0.3) is 11.8 Å². The van der Waals surface area contributed by atoms with Crippen molar-refractivity contribution in [2.24, 2.45) is 0 Å². The Morgan fingerprint density at radius 3 is 2.34 bits per heavy atom. The van der Waals surface area contributed by atoms with Crippen LogP contribution in [0.1, 0.15) is 21.5 Å². The van der Waals surface area contributed by atoms with Gasteiger partial charge in [-0.1, -0.05) is 30.3 Å². The summed E-state index contributed by atoms with van der Waals surface area (Å²) in [6.07, 6.45) is 0. The van der Waals surface area contributed by atoms with Crippen LogP contribution in [0.4, 0.5) is 10.1 Å². The minimum Gasteiger partial charge on any atom is -0.492 e. The lowest BCUT2D eigenvalue weighted by Gasteiger charge is -2.13. The molecular formula is C25H25FN2O4. The zero-order valence-corrected chi connectivity index (χ0v) is 18.0. The van der Waals surface area contributed by atoms with E-state index in [-0.39, 0.29) is 29.5 Å². The van der Waals surface area contributed by atoms with Crippen molar-refractivity contribution < 1.29 is 23.5 Å². The zero-order valence-electron chi connectivity index (χ0n) is 18.0. The minimum atomic E-state index is -0.538. The number of rotatable bonds is 9. The predicted molar refractivity (Wildman–Crippen MR) is 121 cm³/mol. The molecule has 0 aromatic heterocycles. The molecule has 0 unspecified atom stereocenters. The van der Waals surface area contributed by atoms with Gasteiger partial charge in [0.15, 0.2) is 6.61 Å². The lowest BCUT2D eigenvalue weighted by atomic mass is 10.1. The molecule has 0 saturated carbocycles. The molecule has 0 saturated heterocycles. The Morgan fingerprint density at radius 2 is 1.59 bits per heavy atom. The van der Waals surface area contributed by atoms with Gasteiger partial charge in [-0.25, -0.2) is 4.39 Å². The van der Waals surface area contributed by atoms with Gasteiger partial charge in [0, 0.05) is 0 Å². The van der Waals surface area contributed by atoms with Crippen LogP contribution >= 0.6 is 0 Å². The smallest absolute Gasteiger partial charge is 0.262 e. The summed E-state index contributed by atoms with van der Waals surface area (Å²) in [7, 11) is 0. The molecule has 32 heavy (non-hydrogen) atoms. The molecule has 0 radical (unpaired) electrons. The Labute approximate surface area is 186 Å². The van der Waals surface area contributed by atoms with Crippen LogP contribution in [-0.2, 0) is 4.79 Å². The molecule has 0 fully saturated rings. The standard InChI is InChI=1S/C25H25FN2O4/c1-17-13-18(2)15-19(14-17)31-12-11-27-25(30)20-7-3-6-10-23(20)32-16-24(29)28-22-9-5-4-8-21(22)26/h3-10,13-15H,11-12,16H2,1-2H3,(H,27,30)(H,28,29). The summed E-state index contributed by atoms with van der Waals surface area (Å²) < 4.78 is 24.9. The molecule has 2 amide bonds. The maximum Gasteiger partial charge on any atom is 0.262 e. The summed E-state index contributed by atoms with van der Waals surface area (Å²) in [6.45, 7) is 4.23. The van der Waals surface area contributed by atoms with Gasteiger partial charge in [0.05, 0.1) is 17.8 Å². The van der Waals surface area contributed by atoms with Crippen molar-refractivity contribution in [1.29, 1.82) is 0 Å². The largest absolute Gasteiger partial charge is 0.492 e. The van der Waals surface area contributed by atoms with E-state index in [1.807, 2.05) is 26.0 Å². The first-order valence-corrected chi connectivity index (χ1v) is 10.2. The fraction of sp³-hybridized carbons (Fsp3) is 0.200. The van der Waals surface area contributed by atoms with E-state index >= 15 is 0 Å². The normalized spacial score (nSPS) is 10.3. The molecule has 3 aromatic carbocycles. The summed E-state index contributed by atoms with van der Waals surface area (Å²) in [6, 6.07) is 18.4. The SMILES string of the molecule is Cc1cc(C)cc(OCCNC(=O)c2ccccc2OCC(=O)Nc2ccccc2F)c1. The lowest BCUT2D eigenvalue weighted by Crippen LogP contribution is -2.29. The van der Waals surface area contributed by atoms with Gasteiger partial charge in [0.2, 0.25) is 0 Å². The summed E-state index contributed by atoms with van der Waals surface area (Å²) in [5, 5.41) is 5.22. The van der Waals surface area contributed by atoms with E-state index in [9.17, 15) is 14.0 Å². The van der Waals surface area contributed by atoms with E-state index in [0.29, 0.717) is 13.2 Å². The average Bonchev–Trinajstić information content (AvgIpc) is 2.76. The van der Waals surface area contributed by atoms with E-state index < -0.39 is 11.7 Å².